The summed E-state index contributed by atoms with van der Waals surface area (Å²) in [6.45, 7) is 2.38. The summed E-state index contributed by atoms with van der Waals surface area (Å²) in [5.41, 5.74) is 18.4. The van der Waals surface area contributed by atoms with E-state index in [1.54, 1.807) is 0 Å². The second kappa shape index (κ2) is 13.7. The van der Waals surface area contributed by atoms with Crippen molar-refractivity contribution in [1.82, 2.24) is 0 Å². The van der Waals surface area contributed by atoms with Gasteiger partial charge in [-0.2, -0.15) is 0 Å². The fourth-order valence-electron chi connectivity index (χ4n) is 9.30. The number of nitrogens with zero attached hydrogens (tertiary/aromatic N) is 1. The summed E-state index contributed by atoms with van der Waals surface area (Å²) in [5, 5.41) is 2.32. The lowest BCUT2D eigenvalue weighted by molar-refractivity contribution is 0.666. The first kappa shape index (κ1) is 33.9. The maximum Gasteiger partial charge on any atom is 0.136 e. The SMILES string of the molecule is CC1(c2cccc3oc4cc(-c5ccc(N(c6ccc(-c7ccccc7)cc6)c6cccc(-c7ccccc7)c6)cc5)ccc4c23)c2ccccc2-c2ccccc21. The minimum atomic E-state index is -0.313. The molecule has 0 unspecified atom stereocenters. The minimum absolute atomic E-state index is 0.313. The molecule has 0 amide bonds. The van der Waals surface area contributed by atoms with Crippen LogP contribution in [0.3, 0.4) is 0 Å². The zero-order valence-electron chi connectivity index (χ0n) is 32.1. The van der Waals surface area contributed by atoms with Crippen LogP contribution in [0.25, 0.3) is 66.4 Å². The number of hydrogen-bond donors (Lipinski definition) is 0. The highest BCUT2D eigenvalue weighted by Crippen LogP contribution is 2.54. The molecule has 0 fully saturated rings. The van der Waals surface area contributed by atoms with Crippen LogP contribution in [0.5, 0.6) is 0 Å². The Balaban J connectivity index is 0.979. The van der Waals surface area contributed by atoms with Crippen LogP contribution in [0.2, 0.25) is 0 Å². The molecule has 1 heterocycles. The second-order valence-corrected chi connectivity index (χ2v) is 15.4. The van der Waals surface area contributed by atoms with Crippen LogP contribution in [0, 0.1) is 0 Å². The first-order valence-corrected chi connectivity index (χ1v) is 20.0. The summed E-state index contributed by atoms with van der Waals surface area (Å²) < 4.78 is 6.69. The van der Waals surface area contributed by atoms with Crippen molar-refractivity contribution in [3.63, 3.8) is 0 Å². The summed E-state index contributed by atoms with van der Waals surface area (Å²) in [4.78, 5) is 2.34. The van der Waals surface area contributed by atoms with Crippen LogP contribution in [-0.2, 0) is 5.41 Å². The largest absolute Gasteiger partial charge is 0.456 e. The molecule has 2 heteroatoms. The average molecular weight is 742 g/mol. The van der Waals surface area contributed by atoms with Gasteiger partial charge in [-0.1, -0.05) is 164 Å². The minimum Gasteiger partial charge on any atom is -0.456 e. The standard InChI is InChI=1S/C56H39NO/c1-56(50-22-10-8-20-47(50)48-21-9-11-23-51(48)56)52-24-13-25-53-55(52)49-35-30-43(37-54(49)58-53)41-28-33-45(34-29-41)57(44-31-26-40(27-32-44)38-14-4-2-5-15-38)46-19-12-18-42(36-46)39-16-6-3-7-17-39/h2-37H,1H3. The molecule has 1 aromatic heterocycles. The Bertz CT molecular complexity index is 3060. The number of furan rings is 1. The number of hydrogen-bond acceptors (Lipinski definition) is 2. The molecule has 0 radical (unpaired) electrons. The highest BCUT2D eigenvalue weighted by atomic mass is 16.3. The second-order valence-electron chi connectivity index (χ2n) is 15.4. The van der Waals surface area contributed by atoms with E-state index in [0.717, 1.165) is 44.7 Å². The molecule has 0 saturated carbocycles. The van der Waals surface area contributed by atoms with Crippen molar-refractivity contribution < 1.29 is 4.42 Å². The third-order valence-electron chi connectivity index (χ3n) is 12.2. The quantitative estimate of drug-likeness (QED) is 0.162. The van der Waals surface area contributed by atoms with Gasteiger partial charge in [-0.25, -0.2) is 0 Å². The molecule has 0 bridgehead atoms. The molecule has 0 atom stereocenters. The topological polar surface area (TPSA) is 16.4 Å². The van der Waals surface area contributed by atoms with Crippen molar-refractivity contribution in [2.75, 3.05) is 4.90 Å². The molecule has 0 saturated heterocycles. The van der Waals surface area contributed by atoms with E-state index in [1.165, 1.54) is 55.5 Å². The van der Waals surface area contributed by atoms with Gasteiger partial charge in [0.15, 0.2) is 0 Å². The van der Waals surface area contributed by atoms with Crippen LogP contribution in [0.1, 0.15) is 23.6 Å². The van der Waals surface area contributed by atoms with E-state index in [9.17, 15) is 0 Å². The molecule has 274 valence electrons. The average Bonchev–Trinajstić information content (AvgIpc) is 3.80. The maximum absolute atomic E-state index is 6.69. The highest BCUT2D eigenvalue weighted by Gasteiger charge is 2.41. The van der Waals surface area contributed by atoms with Crippen molar-refractivity contribution in [3.05, 3.63) is 235 Å². The normalized spacial score (nSPS) is 12.7. The van der Waals surface area contributed by atoms with Crippen molar-refractivity contribution >= 4 is 39.0 Å². The van der Waals surface area contributed by atoms with Crippen molar-refractivity contribution in [1.29, 1.82) is 0 Å². The smallest absolute Gasteiger partial charge is 0.136 e. The Morgan fingerprint density at radius 3 is 1.45 bits per heavy atom. The summed E-state index contributed by atoms with van der Waals surface area (Å²) in [6, 6.07) is 78.7. The molecule has 1 aliphatic carbocycles. The Morgan fingerprint density at radius 1 is 0.345 bits per heavy atom. The highest BCUT2D eigenvalue weighted by molar-refractivity contribution is 6.09. The van der Waals surface area contributed by atoms with Gasteiger partial charge in [0.05, 0.1) is 0 Å². The van der Waals surface area contributed by atoms with E-state index in [-0.39, 0.29) is 5.41 Å². The van der Waals surface area contributed by atoms with Crippen LogP contribution in [0.4, 0.5) is 17.1 Å². The number of rotatable bonds is 7. The molecule has 0 aliphatic heterocycles. The predicted octanol–water partition coefficient (Wildman–Crippen LogP) is 15.4. The van der Waals surface area contributed by atoms with Crippen LogP contribution in [-0.4, -0.2) is 0 Å². The summed E-state index contributed by atoms with van der Waals surface area (Å²) in [6.07, 6.45) is 0. The van der Waals surface area contributed by atoms with E-state index in [1.807, 2.05) is 0 Å². The maximum atomic E-state index is 6.69. The van der Waals surface area contributed by atoms with E-state index in [2.05, 4.69) is 230 Å². The predicted molar refractivity (Wildman–Crippen MR) is 242 cm³/mol. The molecule has 58 heavy (non-hydrogen) atoms. The van der Waals surface area contributed by atoms with Crippen LogP contribution < -0.4 is 4.90 Å². The number of anilines is 3. The molecule has 0 spiro atoms. The Kier molecular flexibility index (Phi) is 7.97. The lowest BCUT2D eigenvalue weighted by Crippen LogP contribution is -2.22. The van der Waals surface area contributed by atoms with Crippen LogP contribution >= 0.6 is 0 Å². The van der Waals surface area contributed by atoms with E-state index in [4.69, 9.17) is 4.42 Å². The van der Waals surface area contributed by atoms with E-state index >= 15 is 0 Å². The van der Waals surface area contributed by atoms with Crippen molar-refractivity contribution in [3.8, 4) is 44.5 Å². The first-order valence-electron chi connectivity index (χ1n) is 20.0. The van der Waals surface area contributed by atoms with Crippen LogP contribution in [0.15, 0.2) is 223 Å². The van der Waals surface area contributed by atoms with E-state index in [0.29, 0.717) is 0 Å². The van der Waals surface area contributed by atoms with Gasteiger partial charge in [0.25, 0.3) is 0 Å². The lowest BCUT2D eigenvalue weighted by atomic mass is 9.73. The fourth-order valence-corrected chi connectivity index (χ4v) is 9.30. The molecule has 1 aliphatic rings. The molecule has 0 N–H and O–H groups in total. The number of fused-ring (bicyclic) bond motifs is 6. The Labute approximate surface area is 338 Å². The Morgan fingerprint density at radius 2 is 0.810 bits per heavy atom. The van der Waals surface area contributed by atoms with Gasteiger partial charge in [0.1, 0.15) is 11.2 Å². The number of benzene rings is 9. The van der Waals surface area contributed by atoms with Gasteiger partial charge in [0.2, 0.25) is 0 Å². The Hall–Kier alpha value is -7.42. The fraction of sp³-hybridized carbons (Fsp3) is 0.0357. The summed E-state index contributed by atoms with van der Waals surface area (Å²) in [7, 11) is 0. The molecular formula is C56H39NO. The third-order valence-corrected chi connectivity index (χ3v) is 12.2. The van der Waals surface area contributed by atoms with Crippen molar-refractivity contribution in [2.45, 2.75) is 12.3 Å². The van der Waals surface area contributed by atoms with Gasteiger partial charge >= 0.3 is 0 Å². The lowest BCUT2D eigenvalue weighted by Gasteiger charge is -2.29. The first-order chi connectivity index (χ1) is 28.6. The monoisotopic (exact) mass is 741 g/mol. The molecular weight excluding hydrogens is 703 g/mol. The van der Waals surface area contributed by atoms with Gasteiger partial charge in [-0.15, -0.1) is 0 Å². The molecule has 9 aromatic carbocycles. The molecule has 2 nitrogen and oxygen atoms in total. The van der Waals surface area contributed by atoms with Gasteiger partial charge < -0.3 is 9.32 Å². The van der Waals surface area contributed by atoms with Gasteiger partial charge in [-0.3, -0.25) is 0 Å². The van der Waals surface area contributed by atoms with Gasteiger partial charge in [0, 0.05) is 33.2 Å². The van der Waals surface area contributed by atoms with E-state index < -0.39 is 0 Å². The van der Waals surface area contributed by atoms with Gasteiger partial charge in [-0.05, 0) is 123 Å². The van der Waals surface area contributed by atoms with Crippen molar-refractivity contribution in [2.24, 2.45) is 0 Å². The zero-order valence-corrected chi connectivity index (χ0v) is 32.1. The zero-order chi connectivity index (χ0) is 38.6. The summed E-state index contributed by atoms with van der Waals surface area (Å²) in [5.74, 6) is 0. The molecule has 11 rings (SSSR count). The summed E-state index contributed by atoms with van der Waals surface area (Å²) >= 11 is 0. The third kappa shape index (κ3) is 5.49. The molecule has 10 aromatic rings.